The summed E-state index contributed by atoms with van der Waals surface area (Å²) in [6, 6.07) is 7.70. The highest BCUT2D eigenvalue weighted by atomic mass is 32.1. The van der Waals surface area contributed by atoms with Gasteiger partial charge in [-0.15, -0.1) is 0 Å². The number of ether oxygens (including phenoxy) is 1. The van der Waals surface area contributed by atoms with Gasteiger partial charge < -0.3 is 10.1 Å². The fourth-order valence-electron chi connectivity index (χ4n) is 1.71. The number of anilines is 1. The summed E-state index contributed by atoms with van der Waals surface area (Å²) in [4.78, 5) is 12.1. The Hall–Kier alpha value is -1.94. The smallest absolute Gasteiger partial charge is 0.331 e. The van der Waals surface area contributed by atoms with Crippen molar-refractivity contribution < 1.29 is 9.53 Å². The number of hydrogen-bond donors (Lipinski definition) is 1. The molecule has 0 fully saturated rings. The van der Waals surface area contributed by atoms with Gasteiger partial charge in [0.1, 0.15) is 4.99 Å². The second kappa shape index (κ2) is 5.60. The SMILES string of the molecule is CCOC(=O)C=C1C=CC(=S)Nc2ccccc21. The predicted molar refractivity (Wildman–Crippen MR) is 76.4 cm³/mol. The van der Waals surface area contributed by atoms with Gasteiger partial charge in [0.15, 0.2) is 0 Å². The molecule has 0 bridgehead atoms. The highest BCUT2D eigenvalue weighted by molar-refractivity contribution is 7.81. The normalized spacial score (nSPS) is 15.8. The largest absolute Gasteiger partial charge is 0.463 e. The highest BCUT2D eigenvalue weighted by Crippen LogP contribution is 2.27. The van der Waals surface area contributed by atoms with Crippen molar-refractivity contribution in [2.24, 2.45) is 0 Å². The van der Waals surface area contributed by atoms with Crippen LogP contribution in [-0.4, -0.2) is 17.6 Å². The van der Waals surface area contributed by atoms with Crippen LogP contribution in [0.1, 0.15) is 12.5 Å². The second-order valence-corrected chi connectivity index (χ2v) is 4.16. The quantitative estimate of drug-likeness (QED) is 0.503. The van der Waals surface area contributed by atoms with Crippen molar-refractivity contribution >= 4 is 34.4 Å². The van der Waals surface area contributed by atoms with E-state index in [1.54, 1.807) is 13.0 Å². The number of esters is 1. The number of carbonyl (C=O) groups is 1. The van der Waals surface area contributed by atoms with Crippen LogP contribution in [-0.2, 0) is 9.53 Å². The van der Waals surface area contributed by atoms with Gasteiger partial charge in [0.05, 0.1) is 6.61 Å². The lowest BCUT2D eigenvalue weighted by molar-refractivity contribution is -0.137. The van der Waals surface area contributed by atoms with Crippen LogP contribution in [0.3, 0.4) is 0 Å². The average molecular weight is 259 g/mol. The minimum absolute atomic E-state index is 0.347. The van der Waals surface area contributed by atoms with Gasteiger partial charge in [-0.2, -0.15) is 0 Å². The third-order valence-corrected chi connectivity index (χ3v) is 2.71. The van der Waals surface area contributed by atoms with Gasteiger partial charge in [0.2, 0.25) is 0 Å². The molecule has 0 aliphatic carbocycles. The van der Waals surface area contributed by atoms with E-state index in [1.165, 1.54) is 6.08 Å². The third kappa shape index (κ3) is 2.84. The molecule has 0 saturated heterocycles. The molecule has 0 atom stereocenters. The molecule has 0 spiro atoms. The van der Waals surface area contributed by atoms with E-state index in [9.17, 15) is 4.79 Å². The van der Waals surface area contributed by atoms with Crippen molar-refractivity contribution in [2.75, 3.05) is 11.9 Å². The molecule has 18 heavy (non-hydrogen) atoms. The highest BCUT2D eigenvalue weighted by Gasteiger charge is 2.11. The Kier molecular flexibility index (Phi) is 3.89. The van der Waals surface area contributed by atoms with Gasteiger partial charge in [-0.1, -0.05) is 36.5 Å². The first-order chi connectivity index (χ1) is 8.70. The molecule has 0 radical (unpaired) electrons. The van der Waals surface area contributed by atoms with E-state index in [-0.39, 0.29) is 5.97 Å². The van der Waals surface area contributed by atoms with Crippen molar-refractivity contribution in [1.29, 1.82) is 0 Å². The van der Waals surface area contributed by atoms with Crippen LogP contribution in [0.5, 0.6) is 0 Å². The molecule has 4 heteroatoms. The van der Waals surface area contributed by atoms with E-state index in [0.29, 0.717) is 11.6 Å². The number of thiocarbonyl (C=S) groups is 1. The molecular formula is C14H13NO2S. The van der Waals surface area contributed by atoms with Gasteiger partial charge in [0, 0.05) is 17.3 Å². The van der Waals surface area contributed by atoms with Crippen LogP contribution in [0.4, 0.5) is 5.69 Å². The Morgan fingerprint density at radius 3 is 2.94 bits per heavy atom. The molecule has 2 rings (SSSR count). The van der Waals surface area contributed by atoms with Crippen LogP contribution in [0.15, 0.2) is 42.5 Å². The zero-order chi connectivity index (χ0) is 13.0. The van der Waals surface area contributed by atoms with E-state index >= 15 is 0 Å². The predicted octanol–water partition coefficient (Wildman–Crippen LogP) is 2.94. The van der Waals surface area contributed by atoms with Gasteiger partial charge in [-0.3, -0.25) is 0 Å². The molecule has 0 saturated carbocycles. The Balaban J connectivity index is 2.43. The summed E-state index contributed by atoms with van der Waals surface area (Å²) in [6.45, 7) is 2.15. The summed E-state index contributed by atoms with van der Waals surface area (Å²) < 4.78 is 4.92. The van der Waals surface area contributed by atoms with E-state index in [4.69, 9.17) is 17.0 Å². The van der Waals surface area contributed by atoms with Gasteiger partial charge in [-0.05, 0) is 24.6 Å². The molecule has 1 N–H and O–H groups in total. The van der Waals surface area contributed by atoms with Crippen molar-refractivity contribution in [3.63, 3.8) is 0 Å². The molecule has 0 amide bonds. The van der Waals surface area contributed by atoms with E-state index in [1.807, 2.05) is 30.3 Å². The van der Waals surface area contributed by atoms with Gasteiger partial charge in [-0.25, -0.2) is 4.79 Å². The topological polar surface area (TPSA) is 38.3 Å². The first-order valence-electron chi connectivity index (χ1n) is 5.67. The maximum atomic E-state index is 11.5. The molecule has 1 aromatic rings. The summed E-state index contributed by atoms with van der Waals surface area (Å²) >= 11 is 5.14. The van der Waals surface area contributed by atoms with Crippen LogP contribution in [0, 0.1) is 0 Å². The van der Waals surface area contributed by atoms with E-state index in [0.717, 1.165) is 16.8 Å². The first-order valence-corrected chi connectivity index (χ1v) is 6.08. The van der Waals surface area contributed by atoms with Gasteiger partial charge >= 0.3 is 5.97 Å². The lowest BCUT2D eigenvalue weighted by atomic mass is 10.0. The Labute approximate surface area is 111 Å². The fraction of sp³-hybridized carbons (Fsp3) is 0.143. The van der Waals surface area contributed by atoms with E-state index < -0.39 is 0 Å². The molecule has 0 unspecified atom stereocenters. The van der Waals surface area contributed by atoms with Crippen LogP contribution >= 0.6 is 12.2 Å². The number of rotatable bonds is 2. The fourth-order valence-corrected chi connectivity index (χ4v) is 1.89. The zero-order valence-electron chi connectivity index (χ0n) is 9.97. The second-order valence-electron chi connectivity index (χ2n) is 3.72. The summed E-state index contributed by atoms with van der Waals surface area (Å²) in [5.74, 6) is -0.347. The molecule has 1 heterocycles. The zero-order valence-corrected chi connectivity index (χ0v) is 10.8. The minimum atomic E-state index is -0.347. The molecule has 1 aliphatic heterocycles. The standard InChI is InChI=1S/C14H13NO2S/c1-2-17-14(16)9-10-7-8-13(18)15-12-6-4-3-5-11(10)12/h3-9H,2H2,1H3,(H,15,18). The molecule has 92 valence electrons. The molecule has 0 aromatic heterocycles. The first kappa shape index (κ1) is 12.5. The summed E-state index contributed by atoms with van der Waals surface area (Å²) in [5.41, 5.74) is 2.61. The van der Waals surface area contributed by atoms with Crippen molar-refractivity contribution in [2.45, 2.75) is 6.92 Å². The third-order valence-electron chi connectivity index (χ3n) is 2.47. The monoisotopic (exact) mass is 259 g/mol. The maximum Gasteiger partial charge on any atom is 0.331 e. The number of nitrogens with one attached hydrogen (secondary N) is 1. The Morgan fingerprint density at radius 2 is 2.17 bits per heavy atom. The average Bonchev–Trinajstić information content (AvgIpc) is 2.50. The summed E-state index contributed by atoms with van der Waals surface area (Å²) in [6.07, 6.45) is 5.06. The number of allylic oxidation sites excluding steroid dienone is 2. The van der Waals surface area contributed by atoms with Crippen LogP contribution < -0.4 is 5.32 Å². The number of hydrogen-bond acceptors (Lipinski definition) is 3. The lowest BCUT2D eigenvalue weighted by Crippen LogP contribution is -2.04. The number of carbonyl (C=O) groups excluding carboxylic acids is 1. The van der Waals surface area contributed by atoms with Crippen molar-refractivity contribution in [1.82, 2.24) is 0 Å². The minimum Gasteiger partial charge on any atom is -0.463 e. The molecule has 1 aliphatic rings. The van der Waals surface area contributed by atoms with Crippen LogP contribution in [0.2, 0.25) is 0 Å². The molecule has 3 nitrogen and oxygen atoms in total. The lowest BCUT2D eigenvalue weighted by Gasteiger charge is -2.08. The Bertz CT molecular complexity index is 546. The summed E-state index contributed by atoms with van der Waals surface area (Å²) in [5, 5.41) is 3.11. The van der Waals surface area contributed by atoms with Crippen molar-refractivity contribution in [3.05, 3.63) is 48.1 Å². The summed E-state index contributed by atoms with van der Waals surface area (Å²) in [7, 11) is 0. The number of benzene rings is 1. The number of fused-ring (bicyclic) bond motifs is 1. The molecular weight excluding hydrogens is 246 g/mol. The van der Waals surface area contributed by atoms with Crippen molar-refractivity contribution in [3.8, 4) is 0 Å². The van der Waals surface area contributed by atoms with Gasteiger partial charge in [0.25, 0.3) is 0 Å². The van der Waals surface area contributed by atoms with E-state index in [2.05, 4.69) is 5.32 Å². The maximum absolute atomic E-state index is 11.5. The van der Waals surface area contributed by atoms with Crippen LogP contribution in [0.25, 0.3) is 5.57 Å². The number of para-hydroxylation sites is 1. The molecule has 1 aromatic carbocycles. The Morgan fingerprint density at radius 1 is 1.39 bits per heavy atom.